The zero-order valence-corrected chi connectivity index (χ0v) is 10.3. The van der Waals surface area contributed by atoms with Crippen LogP contribution in [0.3, 0.4) is 0 Å². The normalized spacial score (nSPS) is 11.8. The molecule has 0 aliphatic rings. The van der Waals surface area contributed by atoms with E-state index in [-0.39, 0.29) is 5.97 Å². The van der Waals surface area contributed by atoms with Crippen molar-refractivity contribution in [3.63, 3.8) is 0 Å². The molecule has 2 heteroatoms. The quantitative estimate of drug-likeness (QED) is 0.570. The number of esters is 1. The maximum absolute atomic E-state index is 10.9. The van der Waals surface area contributed by atoms with Gasteiger partial charge in [-0.2, -0.15) is 0 Å². The van der Waals surface area contributed by atoms with Gasteiger partial charge in [-0.25, -0.2) is 0 Å². The maximum Gasteiger partial charge on any atom is 0.309 e. The number of methoxy groups -OCH3 is 1. The Bertz CT molecular complexity index is 402. The zero-order valence-electron chi connectivity index (χ0n) is 10.3. The van der Waals surface area contributed by atoms with E-state index in [4.69, 9.17) is 0 Å². The molecule has 2 nitrogen and oxygen atoms in total. The van der Waals surface area contributed by atoms with Crippen LogP contribution in [0, 0.1) is 0 Å². The molecule has 0 aromatic heterocycles. The summed E-state index contributed by atoms with van der Waals surface area (Å²) in [7, 11) is 1.40. The third-order valence-corrected chi connectivity index (χ3v) is 2.40. The van der Waals surface area contributed by atoms with Crippen LogP contribution in [0.1, 0.15) is 25.3 Å². The Balaban J connectivity index is 2.66. The van der Waals surface area contributed by atoms with Gasteiger partial charge < -0.3 is 4.74 Å². The molecular weight excluding hydrogens is 212 g/mol. The van der Waals surface area contributed by atoms with Crippen LogP contribution in [-0.2, 0) is 9.53 Å². The first-order valence-corrected chi connectivity index (χ1v) is 5.75. The number of carbonyl (C=O) groups is 1. The van der Waals surface area contributed by atoms with E-state index in [2.05, 4.69) is 29.9 Å². The Morgan fingerprint density at radius 3 is 2.59 bits per heavy atom. The molecule has 1 aromatic carbocycles. The molecule has 0 aliphatic carbocycles. The van der Waals surface area contributed by atoms with Gasteiger partial charge in [0.05, 0.1) is 13.5 Å². The van der Waals surface area contributed by atoms with E-state index in [0.717, 1.165) is 6.42 Å². The van der Waals surface area contributed by atoms with Crippen LogP contribution >= 0.6 is 0 Å². The molecule has 1 aromatic rings. The van der Waals surface area contributed by atoms with Crippen LogP contribution in [0.25, 0.3) is 6.08 Å². The Hall–Kier alpha value is -1.83. The number of ether oxygens (including phenoxy) is 1. The number of carbonyl (C=O) groups excluding carboxylic acids is 1. The standard InChI is InChI=1S/C15H18O2/c1-3-13(10-7-11-15(16)17-2)12-14-8-5-4-6-9-14/h4-10,12H,3,11H2,1-2H3/b10-7+,13-12+. The monoisotopic (exact) mass is 230 g/mol. The predicted octanol–water partition coefficient (Wildman–Crippen LogP) is 3.60. The minimum Gasteiger partial charge on any atom is -0.469 e. The molecule has 0 amide bonds. The Kier molecular flexibility index (Phi) is 5.80. The molecule has 0 atom stereocenters. The smallest absolute Gasteiger partial charge is 0.309 e. The highest BCUT2D eigenvalue weighted by molar-refractivity contribution is 5.71. The first kappa shape index (κ1) is 13.2. The highest BCUT2D eigenvalue weighted by Crippen LogP contribution is 2.11. The van der Waals surface area contributed by atoms with Crippen LogP contribution in [0.4, 0.5) is 0 Å². The fraction of sp³-hybridized carbons (Fsp3) is 0.267. The summed E-state index contributed by atoms with van der Waals surface area (Å²) in [5, 5.41) is 0. The first-order chi connectivity index (χ1) is 8.26. The molecule has 0 spiro atoms. The molecule has 0 aliphatic heterocycles. The molecule has 0 saturated carbocycles. The summed E-state index contributed by atoms with van der Waals surface area (Å²) in [5.41, 5.74) is 2.37. The second kappa shape index (κ2) is 7.44. The predicted molar refractivity (Wildman–Crippen MR) is 70.5 cm³/mol. The van der Waals surface area contributed by atoms with Gasteiger partial charge in [0.25, 0.3) is 0 Å². The highest BCUT2D eigenvalue weighted by Gasteiger charge is 1.95. The summed E-state index contributed by atoms with van der Waals surface area (Å²) in [5.74, 6) is -0.212. The summed E-state index contributed by atoms with van der Waals surface area (Å²) in [6, 6.07) is 10.1. The molecule has 90 valence electrons. The number of allylic oxidation sites excluding steroid dienone is 2. The van der Waals surface area contributed by atoms with Crippen molar-refractivity contribution in [3.05, 3.63) is 53.6 Å². The van der Waals surface area contributed by atoms with Crippen molar-refractivity contribution in [2.75, 3.05) is 7.11 Å². The molecule has 0 heterocycles. The van der Waals surface area contributed by atoms with Crippen LogP contribution in [0.15, 0.2) is 48.1 Å². The van der Waals surface area contributed by atoms with Crippen LogP contribution < -0.4 is 0 Å². The molecule has 17 heavy (non-hydrogen) atoms. The average Bonchev–Trinajstić information content (AvgIpc) is 2.38. The van der Waals surface area contributed by atoms with E-state index in [1.807, 2.05) is 30.4 Å². The van der Waals surface area contributed by atoms with Crippen LogP contribution in [-0.4, -0.2) is 13.1 Å². The molecule has 0 saturated heterocycles. The van der Waals surface area contributed by atoms with E-state index in [9.17, 15) is 4.79 Å². The van der Waals surface area contributed by atoms with Crippen molar-refractivity contribution in [1.82, 2.24) is 0 Å². The second-order valence-electron chi connectivity index (χ2n) is 3.67. The molecule has 1 rings (SSSR count). The van der Waals surface area contributed by atoms with Crippen molar-refractivity contribution in [2.45, 2.75) is 19.8 Å². The molecular formula is C15H18O2. The number of benzene rings is 1. The lowest BCUT2D eigenvalue weighted by molar-refractivity contribution is -0.139. The summed E-state index contributed by atoms with van der Waals surface area (Å²) in [4.78, 5) is 10.9. The van der Waals surface area contributed by atoms with E-state index in [1.165, 1.54) is 18.2 Å². The summed E-state index contributed by atoms with van der Waals surface area (Å²) in [6.07, 6.45) is 7.19. The van der Waals surface area contributed by atoms with Gasteiger partial charge in [0.15, 0.2) is 0 Å². The van der Waals surface area contributed by atoms with Crippen molar-refractivity contribution in [1.29, 1.82) is 0 Å². The van der Waals surface area contributed by atoms with Gasteiger partial charge in [-0.05, 0) is 17.6 Å². The van der Waals surface area contributed by atoms with Crippen molar-refractivity contribution < 1.29 is 9.53 Å². The van der Waals surface area contributed by atoms with Crippen molar-refractivity contribution in [2.24, 2.45) is 0 Å². The molecule has 0 unspecified atom stereocenters. The third kappa shape index (κ3) is 5.16. The minimum atomic E-state index is -0.212. The largest absolute Gasteiger partial charge is 0.469 e. The molecule has 0 bridgehead atoms. The third-order valence-electron chi connectivity index (χ3n) is 2.40. The fourth-order valence-electron chi connectivity index (χ4n) is 1.42. The van der Waals surface area contributed by atoms with E-state index < -0.39 is 0 Å². The van der Waals surface area contributed by atoms with Gasteiger partial charge in [0.2, 0.25) is 0 Å². The first-order valence-electron chi connectivity index (χ1n) is 5.75. The Morgan fingerprint density at radius 2 is 2.00 bits per heavy atom. The second-order valence-corrected chi connectivity index (χ2v) is 3.67. The zero-order chi connectivity index (χ0) is 12.5. The molecule has 0 fully saturated rings. The Labute approximate surface area is 103 Å². The van der Waals surface area contributed by atoms with E-state index in [0.29, 0.717) is 6.42 Å². The maximum atomic E-state index is 10.9. The minimum absolute atomic E-state index is 0.212. The van der Waals surface area contributed by atoms with Crippen molar-refractivity contribution >= 4 is 12.0 Å². The van der Waals surface area contributed by atoms with Crippen molar-refractivity contribution in [3.8, 4) is 0 Å². The van der Waals surface area contributed by atoms with Gasteiger partial charge >= 0.3 is 5.97 Å². The summed E-state index contributed by atoms with van der Waals surface area (Å²) < 4.78 is 4.57. The van der Waals surface area contributed by atoms with Gasteiger partial charge in [-0.15, -0.1) is 0 Å². The fourth-order valence-corrected chi connectivity index (χ4v) is 1.42. The highest BCUT2D eigenvalue weighted by atomic mass is 16.5. The van der Waals surface area contributed by atoms with Crippen LogP contribution in [0.5, 0.6) is 0 Å². The van der Waals surface area contributed by atoms with Gasteiger partial charge in [0.1, 0.15) is 0 Å². The van der Waals surface area contributed by atoms with Gasteiger partial charge in [-0.3, -0.25) is 4.79 Å². The topological polar surface area (TPSA) is 26.3 Å². The van der Waals surface area contributed by atoms with Gasteiger partial charge in [-0.1, -0.05) is 55.5 Å². The van der Waals surface area contributed by atoms with E-state index in [1.54, 1.807) is 0 Å². The lowest BCUT2D eigenvalue weighted by Gasteiger charge is -1.98. The molecule has 0 radical (unpaired) electrons. The lowest BCUT2D eigenvalue weighted by atomic mass is 10.1. The average molecular weight is 230 g/mol. The van der Waals surface area contributed by atoms with Gasteiger partial charge in [0, 0.05) is 0 Å². The lowest BCUT2D eigenvalue weighted by Crippen LogP contribution is -1.96. The number of rotatable bonds is 5. The SMILES string of the molecule is CCC(/C=C/CC(=O)OC)=C\c1ccccc1. The van der Waals surface area contributed by atoms with Crippen LogP contribution in [0.2, 0.25) is 0 Å². The summed E-state index contributed by atoms with van der Waals surface area (Å²) in [6.45, 7) is 2.09. The number of hydrogen-bond donors (Lipinski definition) is 0. The number of hydrogen-bond acceptors (Lipinski definition) is 2. The van der Waals surface area contributed by atoms with E-state index >= 15 is 0 Å². The Morgan fingerprint density at radius 1 is 1.29 bits per heavy atom. The molecule has 0 N–H and O–H groups in total. The summed E-state index contributed by atoms with van der Waals surface area (Å²) >= 11 is 0.